The summed E-state index contributed by atoms with van der Waals surface area (Å²) in [5.74, 6) is -2.14. The minimum atomic E-state index is -3.15. The van der Waals surface area contributed by atoms with Gasteiger partial charge in [0.2, 0.25) is 0 Å². The van der Waals surface area contributed by atoms with Crippen molar-refractivity contribution in [1.82, 2.24) is 9.80 Å². The molecule has 0 spiro atoms. The van der Waals surface area contributed by atoms with Crippen LogP contribution < -0.4 is 0 Å². The predicted molar refractivity (Wildman–Crippen MR) is 111 cm³/mol. The summed E-state index contributed by atoms with van der Waals surface area (Å²) in [6.45, 7) is 3.78. The average molecular weight is 451 g/mol. The fraction of sp³-hybridized carbons (Fsp3) is 0.524. The molecule has 3 rings (SSSR count). The Kier molecular flexibility index (Phi) is 6.78. The van der Waals surface area contributed by atoms with Crippen molar-refractivity contribution < 1.29 is 32.3 Å². The molecule has 0 N–H and O–H groups in total. The van der Waals surface area contributed by atoms with Crippen molar-refractivity contribution in [3.63, 3.8) is 0 Å². The number of likely N-dealkylation sites (N-methyl/N-ethyl adjacent to an activating group) is 1. The molecule has 9 nitrogen and oxygen atoms in total. The largest absolute Gasteiger partial charge is 0.452 e. The molecule has 3 amide bonds. The van der Waals surface area contributed by atoms with Crippen LogP contribution in [0.5, 0.6) is 0 Å². The Morgan fingerprint density at radius 2 is 1.87 bits per heavy atom. The van der Waals surface area contributed by atoms with Crippen molar-refractivity contribution in [2.24, 2.45) is 0 Å². The lowest BCUT2D eigenvalue weighted by Gasteiger charge is -2.26. The molecule has 1 aromatic carbocycles. The molecular weight excluding hydrogens is 424 g/mol. The Bertz CT molecular complexity index is 1020. The number of amides is 3. The molecule has 1 saturated heterocycles. The van der Waals surface area contributed by atoms with Gasteiger partial charge in [0.25, 0.3) is 17.7 Å². The minimum absolute atomic E-state index is 0.0401. The van der Waals surface area contributed by atoms with Gasteiger partial charge in [-0.2, -0.15) is 0 Å². The van der Waals surface area contributed by atoms with Gasteiger partial charge in [0.15, 0.2) is 16.4 Å². The van der Waals surface area contributed by atoms with Gasteiger partial charge in [-0.25, -0.2) is 13.2 Å². The number of ether oxygens (including phenoxy) is 1. The molecule has 0 radical (unpaired) electrons. The quantitative estimate of drug-likeness (QED) is 0.432. The van der Waals surface area contributed by atoms with Crippen LogP contribution in [0.2, 0.25) is 0 Å². The van der Waals surface area contributed by atoms with Crippen molar-refractivity contribution in [3.05, 3.63) is 34.9 Å². The van der Waals surface area contributed by atoms with E-state index in [0.717, 1.165) is 6.42 Å². The molecule has 168 valence electrons. The summed E-state index contributed by atoms with van der Waals surface area (Å²) in [5.41, 5.74) is 0.457. The smallest absolute Gasteiger partial charge is 0.338 e. The standard InChI is InChI=1S/C21H26N2O7S/c1-3-5-9-23-19(25)16-7-6-14(11-17(16)20(23)26)21(27)30-12-18(24)22(4-2)15-8-10-31(28,29)13-15/h6-7,11,15H,3-5,8-10,12-13H2,1-2H3. The molecule has 1 aromatic rings. The number of imide groups is 1. The maximum atomic E-state index is 12.5. The molecule has 0 bridgehead atoms. The van der Waals surface area contributed by atoms with Crippen molar-refractivity contribution in [3.8, 4) is 0 Å². The van der Waals surface area contributed by atoms with Crippen LogP contribution in [0.3, 0.4) is 0 Å². The van der Waals surface area contributed by atoms with Gasteiger partial charge in [-0.05, 0) is 38.0 Å². The Morgan fingerprint density at radius 3 is 2.48 bits per heavy atom. The molecule has 0 aromatic heterocycles. The van der Waals surface area contributed by atoms with Gasteiger partial charge >= 0.3 is 5.97 Å². The Morgan fingerprint density at radius 1 is 1.16 bits per heavy atom. The van der Waals surface area contributed by atoms with Crippen LogP contribution in [-0.4, -0.2) is 79.2 Å². The van der Waals surface area contributed by atoms with E-state index in [4.69, 9.17) is 4.74 Å². The molecule has 2 heterocycles. The lowest BCUT2D eigenvalue weighted by atomic mass is 10.1. The number of hydrogen-bond acceptors (Lipinski definition) is 7. The number of hydrogen-bond donors (Lipinski definition) is 0. The van der Waals surface area contributed by atoms with Crippen molar-refractivity contribution in [1.29, 1.82) is 0 Å². The monoisotopic (exact) mass is 450 g/mol. The van der Waals surface area contributed by atoms with Crippen molar-refractivity contribution in [2.45, 2.75) is 39.2 Å². The van der Waals surface area contributed by atoms with E-state index in [1.807, 2.05) is 6.92 Å². The van der Waals surface area contributed by atoms with Gasteiger partial charge in [-0.15, -0.1) is 0 Å². The van der Waals surface area contributed by atoms with Crippen LogP contribution in [0, 0.1) is 0 Å². The minimum Gasteiger partial charge on any atom is -0.452 e. The zero-order valence-corrected chi connectivity index (χ0v) is 18.4. The van der Waals surface area contributed by atoms with Gasteiger partial charge in [0.05, 0.1) is 28.2 Å². The van der Waals surface area contributed by atoms with Gasteiger partial charge in [-0.1, -0.05) is 13.3 Å². The second-order valence-corrected chi connectivity index (χ2v) is 9.92. The van der Waals surface area contributed by atoms with E-state index in [2.05, 4.69) is 0 Å². The number of fused-ring (bicyclic) bond motifs is 1. The summed E-state index contributed by atoms with van der Waals surface area (Å²) >= 11 is 0. The Hall–Kier alpha value is -2.75. The number of sulfone groups is 1. The zero-order chi connectivity index (χ0) is 22.8. The van der Waals surface area contributed by atoms with Gasteiger partial charge in [-0.3, -0.25) is 19.3 Å². The number of nitrogens with zero attached hydrogens (tertiary/aromatic N) is 2. The lowest BCUT2D eigenvalue weighted by Crippen LogP contribution is -2.43. The normalized spacial score (nSPS) is 19.4. The molecular formula is C21H26N2O7S. The molecule has 1 unspecified atom stereocenters. The van der Waals surface area contributed by atoms with E-state index in [1.54, 1.807) is 6.92 Å². The summed E-state index contributed by atoms with van der Waals surface area (Å²) in [5, 5.41) is 0. The number of benzene rings is 1. The highest BCUT2D eigenvalue weighted by Gasteiger charge is 2.36. The molecule has 31 heavy (non-hydrogen) atoms. The second-order valence-electron chi connectivity index (χ2n) is 7.69. The summed E-state index contributed by atoms with van der Waals surface area (Å²) in [4.78, 5) is 52.4. The summed E-state index contributed by atoms with van der Waals surface area (Å²) in [7, 11) is -3.15. The van der Waals surface area contributed by atoms with E-state index < -0.39 is 40.3 Å². The second kappa shape index (κ2) is 9.17. The number of unbranched alkanes of at least 4 members (excludes halogenated alkanes) is 1. The third-order valence-electron chi connectivity index (χ3n) is 5.58. The fourth-order valence-electron chi connectivity index (χ4n) is 3.89. The predicted octanol–water partition coefficient (Wildman–Crippen LogP) is 1.28. The van der Waals surface area contributed by atoms with E-state index >= 15 is 0 Å². The highest BCUT2D eigenvalue weighted by Crippen LogP contribution is 2.25. The van der Waals surface area contributed by atoms with Crippen LogP contribution in [0.25, 0.3) is 0 Å². The zero-order valence-electron chi connectivity index (χ0n) is 17.6. The van der Waals surface area contributed by atoms with Crippen LogP contribution >= 0.6 is 0 Å². The fourth-order valence-corrected chi connectivity index (χ4v) is 5.62. The molecule has 0 saturated carbocycles. The van der Waals surface area contributed by atoms with E-state index in [-0.39, 0.29) is 34.1 Å². The Labute approximate surface area is 181 Å². The molecule has 1 atom stereocenters. The van der Waals surface area contributed by atoms with Gasteiger partial charge in [0, 0.05) is 19.1 Å². The first kappa shape index (κ1) is 22.9. The molecule has 10 heteroatoms. The topological polar surface area (TPSA) is 118 Å². The summed E-state index contributed by atoms with van der Waals surface area (Å²) < 4.78 is 28.5. The van der Waals surface area contributed by atoms with E-state index in [1.165, 1.54) is 28.0 Å². The summed E-state index contributed by atoms with van der Waals surface area (Å²) in [6, 6.07) is 3.71. The number of esters is 1. The first-order valence-electron chi connectivity index (χ1n) is 10.4. The van der Waals surface area contributed by atoms with E-state index in [9.17, 15) is 27.6 Å². The van der Waals surface area contributed by atoms with E-state index in [0.29, 0.717) is 25.9 Å². The third-order valence-corrected chi connectivity index (χ3v) is 7.33. The highest BCUT2D eigenvalue weighted by molar-refractivity contribution is 7.91. The van der Waals surface area contributed by atoms with Gasteiger partial charge < -0.3 is 9.64 Å². The van der Waals surface area contributed by atoms with Crippen LogP contribution in [0.4, 0.5) is 0 Å². The highest BCUT2D eigenvalue weighted by atomic mass is 32.2. The molecule has 1 fully saturated rings. The molecule has 0 aliphatic carbocycles. The van der Waals surface area contributed by atoms with Gasteiger partial charge in [0.1, 0.15) is 0 Å². The maximum Gasteiger partial charge on any atom is 0.338 e. The Balaban J connectivity index is 1.64. The molecule has 2 aliphatic rings. The SMILES string of the molecule is CCCCN1C(=O)c2ccc(C(=O)OCC(=O)N(CC)C3CCS(=O)(=O)C3)cc2C1=O. The van der Waals surface area contributed by atoms with Crippen molar-refractivity contribution in [2.75, 3.05) is 31.2 Å². The number of rotatable bonds is 8. The molecule has 2 aliphatic heterocycles. The third kappa shape index (κ3) is 4.79. The summed E-state index contributed by atoms with van der Waals surface area (Å²) in [6.07, 6.45) is 1.89. The first-order valence-corrected chi connectivity index (χ1v) is 12.2. The van der Waals surface area contributed by atoms with Crippen LogP contribution in [0.1, 0.15) is 64.2 Å². The lowest BCUT2D eigenvalue weighted by molar-refractivity contribution is -0.136. The van der Waals surface area contributed by atoms with Crippen LogP contribution in [0.15, 0.2) is 18.2 Å². The first-order chi connectivity index (χ1) is 14.7. The number of carbonyl (C=O) groups is 4. The van der Waals surface area contributed by atoms with Crippen molar-refractivity contribution >= 4 is 33.5 Å². The van der Waals surface area contributed by atoms with Crippen LogP contribution in [-0.2, 0) is 19.4 Å². The average Bonchev–Trinajstić information content (AvgIpc) is 3.21. The number of carbonyl (C=O) groups excluding carboxylic acids is 4. The maximum absolute atomic E-state index is 12.5.